The molecule has 0 unspecified atom stereocenters. The Balaban J connectivity index is 1.78. The van der Waals surface area contributed by atoms with Gasteiger partial charge in [-0.1, -0.05) is 0 Å². The van der Waals surface area contributed by atoms with Crippen LogP contribution in [-0.2, 0) is 6.54 Å². The van der Waals surface area contributed by atoms with E-state index < -0.39 is 0 Å². The number of aromatic nitrogens is 3. The normalized spacial score (nSPS) is 11.4. The number of aryl methyl sites for hydroxylation is 1. The van der Waals surface area contributed by atoms with Crippen LogP contribution in [0.25, 0.3) is 21.6 Å². The van der Waals surface area contributed by atoms with E-state index in [9.17, 15) is 4.79 Å². The molecule has 27 heavy (non-hydrogen) atoms. The van der Waals surface area contributed by atoms with Gasteiger partial charge in [0.25, 0.3) is 5.91 Å². The van der Waals surface area contributed by atoms with Crippen molar-refractivity contribution in [1.29, 1.82) is 0 Å². The fourth-order valence-electron chi connectivity index (χ4n) is 2.95. The molecular weight excluding hydrogens is 360 g/mol. The Labute approximate surface area is 160 Å². The minimum atomic E-state index is -0.151. The Bertz CT molecular complexity index is 1090. The molecule has 4 rings (SSSR count). The number of fused-ring (bicyclic) bond motifs is 1. The Hall–Kier alpha value is -2.93. The largest absolute Gasteiger partial charge is 0.472 e. The lowest BCUT2D eigenvalue weighted by atomic mass is 10.1. The molecule has 0 aliphatic rings. The lowest BCUT2D eigenvalue weighted by Crippen LogP contribution is -2.23. The van der Waals surface area contributed by atoms with Crippen LogP contribution in [0.1, 0.15) is 40.7 Å². The zero-order chi connectivity index (χ0) is 19.0. The number of pyridine rings is 1. The van der Waals surface area contributed by atoms with Gasteiger partial charge in [0.05, 0.1) is 40.2 Å². The van der Waals surface area contributed by atoms with Gasteiger partial charge < -0.3 is 9.73 Å². The summed E-state index contributed by atoms with van der Waals surface area (Å²) in [5.41, 5.74) is 3.01. The maximum atomic E-state index is 12.9. The third kappa shape index (κ3) is 3.38. The highest BCUT2D eigenvalue weighted by molar-refractivity contribution is 7.15. The summed E-state index contributed by atoms with van der Waals surface area (Å²) in [5, 5.41) is 8.16. The molecular formula is C20H20N4O2S. The molecule has 138 valence electrons. The van der Waals surface area contributed by atoms with Crippen LogP contribution in [0.3, 0.4) is 0 Å². The van der Waals surface area contributed by atoms with Gasteiger partial charge in [0.1, 0.15) is 0 Å². The predicted octanol–water partition coefficient (Wildman–Crippen LogP) is 4.57. The van der Waals surface area contributed by atoms with E-state index in [-0.39, 0.29) is 11.9 Å². The molecule has 0 aliphatic heterocycles. The van der Waals surface area contributed by atoms with Gasteiger partial charge in [0.2, 0.25) is 0 Å². The molecule has 4 heterocycles. The van der Waals surface area contributed by atoms with Crippen LogP contribution in [0.5, 0.6) is 0 Å². The Kier molecular flexibility index (Phi) is 4.53. The molecule has 0 aromatic carbocycles. The Morgan fingerprint density at radius 1 is 1.33 bits per heavy atom. The first kappa shape index (κ1) is 17.5. The summed E-state index contributed by atoms with van der Waals surface area (Å²) in [7, 11) is 0. The molecule has 6 nitrogen and oxygen atoms in total. The number of hydrogen-bond donors (Lipinski definition) is 1. The number of rotatable bonds is 5. The van der Waals surface area contributed by atoms with Gasteiger partial charge in [-0.3, -0.25) is 4.79 Å². The van der Waals surface area contributed by atoms with Gasteiger partial charge in [0, 0.05) is 23.0 Å². The van der Waals surface area contributed by atoms with Crippen molar-refractivity contribution in [3.05, 3.63) is 59.0 Å². The zero-order valence-corrected chi connectivity index (χ0v) is 16.2. The van der Waals surface area contributed by atoms with Gasteiger partial charge in [-0.2, -0.15) is 5.10 Å². The predicted molar refractivity (Wildman–Crippen MR) is 106 cm³/mol. The van der Waals surface area contributed by atoms with E-state index in [0.29, 0.717) is 12.1 Å². The number of carbonyl (C=O) groups excluding carboxylic acids is 1. The molecule has 0 fully saturated rings. The second-order valence-corrected chi connectivity index (χ2v) is 7.99. The molecule has 0 bridgehead atoms. The number of furan rings is 1. The van der Waals surface area contributed by atoms with Gasteiger partial charge in [-0.15, -0.1) is 11.3 Å². The molecule has 4 aromatic rings. The highest BCUT2D eigenvalue weighted by atomic mass is 32.1. The van der Waals surface area contributed by atoms with Crippen molar-refractivity contribution in [2.45, 2.75) is 33.4 Å². The van der Waals surface area contributed by atoms with Crippen molar-refractivity contribution in [1.82, 2.24) is 20.1 Å². The maximum absolute atomic E-state index is 12.9. The summed E-state index contributed by atoms with van der Waals surface area (Å²) in [6.45, 7) is 6.57. The van der Waals surface area contributed by atoms with Crippen LogP contribution in [0.4, 0.5) is 0 Å². The number of nitrogens with zero attached hydrogens (tertiary/aromatic N) is 3. The molecule has 1 N–H and O–H groups in total. The van der Waals surface area contributed by atoms with Crippen molar-refractivity contribution in [3.63, 3.8) is 0 Å². The van der Waals surface area contributed by atoms with Crippen molar-refractivity contribution < 1.29 is 9.21 Å². The van der Waals surface area contributed by atoms with Gasteiger partial charge in [0.15, 0.2) is 5.65 Å². The minimum Gasteiger partial charge on any atom is -0.472 e. The van der Waals surface area contributed by atoms with Gasteiger partial charge >= 0.3 is 0 Å². The molecule has 0 saturated carbocycles. The molecule has 1 amide bonds. The second-order valence-electron chi connectivity index (χ2n) is 6.70. The topological polar surface area (TPSA) is 73.0 Å². The minimum absolute atomic E-state index is 0.150. The van der Waals surface area contributed by atoms with E-state index in [2.05, 4.69) is 37.3 Å². The first-order chi connectivity index (χ1) is 13.0. The van der Waals surface area contributed by atoms with E-state index in [1.807, 2.05) is 22.9 Å². The molecule has 0 spiro atoms. The number of thiophene rings is 1. The van der Waals surface area contributed by atoms with E-state index >= 15 is 0 Å². The molecule has 0 aliphatic carbocycles. The molecule has 0 atom stereocenters. The number of hydrogen-bond acceptors (Lipinski definition) is 5. The van der Waals surface area contributed by atoms with Crippen molar-refractivity contribution in [3.8, 4) is 10.6 Å². The lowest BCUT2D eigenvalue weighted by Gasteiger charge is -2.10. The van der Waals surface area contributed by atoms with E-state index in [1.54, 1.807) is 30.1 Å². The van der Waals surface area contributed by atoms with E-state index in [4.69, 9.17) is 9.40 Å². The van der Waals surface area contributed by atoms with Crippen LogP contribution in [0.15, 0.2) is 47.4 Å². The fraction of sp³-hybridized carbons (Fsp3) is 0.250. The van der Waals surface area contributed by atoms with Crippen molar-refractivity contribution >= 4 is 28.3 Å². The Morgan fingerprint density at radius 2 is 2.19 bits per heavy atom. The highest BCUT2D eigenvalue weighted by Gasteiger charge is 2.19. The summed E-state index contributed by atoms with van der Waals surface area (Å²) in [4.78, 5) is 20.0. The zero-order valence-electron chi connectivity index (χ0n) is 15.4. The van der Waals surface area contributed by atoms with Crippen LogP contribution < -0.4 is 5.32 Å². The molecule has 4 aromatic heterocycles. The highest BCUT2D eigenvalue weighted by Crippen LogP contribution is 2.30. The number of nitrogens with one attached hydrogen (secondary N) is 1. The van der Waals surface area contributed by atoms with Crippen LogP contribution in [0, 0.1) is 6.92 Å². The molecule has 7 heteroatoms. The number of amides is 1. The Morgan fingerprint density at radius 3 is 2.85 bits per heavy atom. The van der Waals surface area contributed by atoms with Crippen molar-refractivity contribution in [2.75, 3.05) is 0 Å². The first-order valence-corrected chi connectivity index (χ1v) is 9.59. The summed E-state index contributed by atoms with van der Waals surface area (Å²) >= 11 is 1.66. The van der Waals surface area contributed by atoms with E-state index in [0.717, 1.165) is 27.2 Å². The molecule has 0 radical (unpaired) electrons. The SMILES string of the molecule is Cc1ccc(-c2cc(C(=O)NCc3ccoc3)c3cnn(C(C)C)c3n2)s1. The lowest BCUT2D eigenvalue weighted by molar-refractivity contribution is 0.0952. The van der Waals surface area contributed by atoms with Crippen LogP contribution >= 0.6 is 11.3 Å². The summed E-state index contributed by atoms with van der Waals surface area (Å²) < 4.78 is 6.91. The molecule has 0 saturated heterocycles. The third-order valence-electron chi connectivity index (χ3n) is 4.33. The summed E-state index contributed by atoms with van der Waals surface area (Å²) in [6.07, 6.45) is 4.94. The summed E-state index contributed by atoms with van der Waals surface area (Å²) in [5.74, 6) is -0.151. The maximum Gasteiger partial charge on any atom is 0.252 e. The third-order valence-corrected chi connectivity index (χ3v) is 5.35. The van der Waals surface area contributed by atoms with Crippen LogP contribution in [0.2, 0.25) is 0 Å². The van der Waals surface area contributed by atoms with Crippen LogP contribution in [-0.4, -0.2) is 20.7 Å². The fourth-order valence-corrected chi connectivity index (χ4v) is 3.78. The quantitative estimate of drug-likeness (QED) is 0.550. The van der Waals surface area contributed by atoms with E-state index in [1.165, 1.54) is 4.88 Å². The number of carbonyl (C=O) groups is 1. The van der Waals surface area contributed by atoms with Crippen molar-refractivity contribution in [2.24, 2.45) is 0 Å². The standard InChI is InChI=1S/C20H20N4O2S/c1-12(2)24-19-16(10-22-24)15(20(25)21-9-14-6-7-26-11-14)8-17(23-19)18-5-4-13(3)27-18/h4-8,10-12H,9H2,1-3H3,(H,21,25). The average molecular weight is 380 g/mol. The van der Waals surface area contributed by atoms with Gasteiger partial charge in [-0.05, 0) is 45.0 Å². The van der Waals surface area contributed by atoms with Gasteiger partial charge in [-0.25, -0.2) is 9.67 Å². The average Bonchev–Trinajstić information content (AvgIpc) is 3.38. The monoisotopic (exact) mass is 380 g/mol. The second kappa shape index (κ2) is 7.00. The summed E-state index contributed by atoms with van der Waals surface area (Å²) in [6, 6.07) is 7.93. The smallest absolute Gasteiger partial charge is 0.252 e. The first-order valence-electron chi connectivity index (χ1n) is 8.77.